The van der Waals surface area contributed by atoms with E-state index < -0.39 is 0 Å². The van der Waals surface area contributed by atoms with Gasteiger partial charge in [0.2, 0.25) is 5.91 Å². The molecule has 1 aliphatic heterocycles. The Kier molecular flexibility index (Phi) is 4.43. The average molecular weight is 262 g/mol. The SMILES string of the molecule is CCCC(N)C(=O)N1CCc2ccc(OC)cc2C1. The Bertz CT molecular complexity index is 459. The maximum Gasteiger partial charge on any atom is 0.239 e. The van der Waals surface area contributed by atoms with E-state index in [1.54, 1.807) is 7.11 Å². The van der Waals surface area contributed by atoms with E-state index in [2.05, 4.69) is 6.07 Å². The molecular formula is C15H22N2O2. The molecule has 0 saturated carbocycles. The summed E-state index contributed by atoms with van der Waals surface area (Å²) in [5.41, 5.74) is 8.39. The maximum atomic E-state index is 12.2. The molecule has 4 heteroatoms. The van der Waals surface area contributed by atoms with Crippen molar-refractivity contribution in [2.75, 3.05) is 13.7 Å². The molecule has 2 N–H and O–H groups in total. The molecule has 1 unspecified atom stereocenters. The van der Waals surface area contributed by atoms with Crippen LogP contribution < -0.4 is 10.5 Å². The lowest BCUT2D eigenvalue weighted by Gasteiger charge is -2.31. The van der Waals surface area contributed by atoms with Crippen molar-refractivity contribution < 1.29 is 9.53 Å². The molecule has 1 aromatic rings. The van der Waals surface area contributed by atoms with E-state index in [1.807, 2.05) is 24.0 Å². The highest BCUT2D eigenvalue weighted by Gasteiger charge is 2.24. The molecule has 0 bridgehead atoms. The Morgan fingerprint density at radius 1 is 1.47 bits per heavy atom. The third kappa shape index (κ3) is 3.07. The van der Waals surface area contributed by atoms with Gasteiger partial charge in [0.25, 0.3) is 0 Å². The molecule has 1 aliphatic rings. The van der Waals surface area contributed by atoms with E-state index in [9.17, 15) is 4.79 Å². The second-order valence-corrected chi connectivity index (χ2v) is 5.04. The number of methoxy groups -OCH3 is 1. The molecule has 0 radical (unpaired) electrons. The van der Waals surface area contributed by atoms with Crippen LogP contribution in [-0.4, -0.2) is 30.5 Å². The molecule has 0 aliphatic carbocycles. The second-order valence-electron chi connectivity index (χ2n) is 5.04. The van der Waals surface area contributed by atoms with Crippen molar-refractivity contribution >= 4 is 5.91 Å². The first-order valence-electron chi connectivity index (χ1n) is 6.86. The van der Waals surface area contributed by atoms with E-state index in [0.29, 0.717) is 6.54 Å². The van der Waals surface area contributed by atoms with Crippen molar-refractivity contribution in [3.63, 3.8) is 0 Å². The van der Waals surface area contributed by atoms with Crippen LogP contribution in [-0.2, 0) is 17.8 Å². The molecule has 104 valence electrons. The number of carbonyl (C=O) groups excluding carboxylic acids is 1. The van der Waals surface area contributed by atoms with Crippen molar-refractivity contribution in [2.45, 2.75) is 38.8 Å². The fourth-order valence-corrected chi connectivity index (χ4v) is 2.52. The number of hydrogen-bond donors (Lipinski definition) is 1. The van der Waals surface area contributed by atoms with Gasteiger partial charge in [0.15, 0.2) is 0 Å². The molecule has 2 rings (SSSR count). The zero-order chi connectivity index (χ0) is 13.8. The van der Waals surface area contributed by atoms with Crippen molar-refractivity contribution in [1.82, 2.24) is 4.90 Å². The van der Waals surface area contributed by atoms with Crippen molar-refractivity contribution in [2.24, 2.45) is 5.73 Å². The summed E-state index contributed by atoms with van der Waals surface area (Å²) in [6.07, 6.45) is 2.58. The quantitative estimate of drug-likeness (QED) is 0.898. The Hall–Kier alpha value is -1.55. The molecule has 0 fully saturated rings. The monoisotopic (exact) mass is 262 g/mol. The Labute approximate surface area is 114 Å². The summed E-state index contributed by atoms with van der Waals surface area (Å²) in [6.45, 7) is 3.45. The topological polar surface area (TPSA) is 55.6 Å². The number of nitrogens with two attached hydrogens (primary N) is 1. The summed E-state index contributed by atoms with van der Waals surface area (Å²) < 4.78 is 5.23. The van der Waals surface area contributed by atoms with E-state index in [0.717, 1.165) is 31.6 Å². The first-order valence-corrected chi connectivity index (χ1v) is 6.86. The zero-order valence-electron chi connectivity index (χ0n) is 11.7. The summed E-state index contributed by atoms with van der Waals surface area (Å²) in [6, 6.07) is 5.71. The number of ether oxygens (including phenoxy) is 1. The van der Waals surface area contributed by atoms with Crippen LogP contribution in [0.15, 0.2) is 18.2 Å². The average Bonchev–Trinajstić information content (AvgIpc) is 2.45. The number of amides is 1. The van der Waals surface area contributed by atoms with Gasteiger partial charge in [-0.2, -0.15) is 0 Å². The van der Waals surface area contributed by atoms with Gasteiger partial charge >= 0.3 is 0 Å². The first-order chi connectivity index (χ1) is 9.15. The van der Waals surface area contributed by atoms with Gasteiger partial charge in [-0.15, -0.1) is 0 Å². The molecule has 4 nitrogen and oxygen atoms in total. The fourth-order valence-electron chi connectivity index (χ4n) is 2.52. The minimum absolute atomic E-state index is 0.0651. The number of nitrogens with zero attached hydrogens (tertiary/aromatic N) is 1. The van der Waals surface area contributed by atoms with Gasteiger partial charge in [0.05, 0.1) is 13.2 Å². The number of hydrogen-bond acceptors (Lipinski definition) is 3. The highest BCUT2D eigenvalue weighted by atomic mass is 16.5. The zero-order valence-corrected chi connectivity index (χ0v) is 11.7. The fraction of sp³-hybridized carbons (Fsp3) is 0.533. The molecule has 1 heterocycles. The molecule has 0 spiro atoms. The summed E-state index contributed by atoms with van der Waals surface area (Å²) in [7, 11) is 1.66. The van der Waals surface area contributed by atoms with Gasteiger partial charge in [-0.1, -0.05) is 19.4 Å². The molecule has 0 aromatic heterocycles. The van der Waals surface area contributed by atoms with E-state index in [-0.39, 0.29) is 11.9 Å². The predicted molar refractivity (Wildman–Crippen MR) is 75.0 cm³/mol. The highest BCUT2D eigenvalue weighted by molar-refractivity contribution is 5.81. The summed E-state index contributed by atoms with van der Waals surface area (Å²) >= 11 is 0. The van der Waals surface area contributed by atoms with Crippen LogP contribution >= 0.6 is 0 Å². The van der Waals surface area contributed by atoms with Crippen LogP contribution in [0.4, 0.5) is 0 Å². The lowest BCUT2D eigenvalue weighted by atomic mass is 9.98. The number of benzene rings is 1. The minimum Gasteiger partial charge on any atom is -0.497 e. The summed E-state index contributed by atoms with van der Waals surface area (Å²) in [5.74, 6) is 0.904. The number of carbonyl (C=O) groups is 1. The van der Waals surface area contributed by atoms with Crippen LogP contribution in [0.5, 0.6) is 5.75 Å². The normalized spacial score (nSPS) is 15.8. The van der Waals surface area contributed by atoms with Gasteiger partial charge in [-0.05, 0) is 36.1 Å². The maximum absolute atomic E-state index is 12.2. The van der Waals surface area contributed by atoms with Gasteiger partial charge in [-0.3, -0.25) is 4.79 Å². The molecule has 1 aromatic carbocycles. The van der Waals surface area contributed by atoms with E-state index >= 15 is 0 Å². The standard InChI is InChI=1S/C15H22N2O2/c1-3-4-14(16)15(18)17-8-7-11-5-6-13(19-2)9-12(11)10-17/h5-6,9,14H,3-4,7-8,10,16H2,1-2H3. The smallest absolute Gasteiger partial charge is 0.239 e. The lowest BCUT2D eigenvalue weighted by molar-refractivity contribution is -0.133. The summed E-state index contributed by atoms with van der Waals surface area (Å²) in [5, 5.41) is 0. The number of fused-ring (bicyclic) bond motifs is 1. The minimum atomic E-state index is -0.364. The largest absolute Gasteiger partial charge is 0.497 e. The molecular weight excluding hydrogens is 240 g/mol. The van der Waals surface area contributed by atoms with Gasteiger partial charge in [0, 0.05) is 13.1 Å². The lowest BCUT2D eigenvalue weighted by Crippen LogP contribution is -2.45. The van der Waals surface area contributed by atoms with E-state index in [4.69, 9.17) is 10.5 Å². The van der Waals surface area contributed by atoms with Gasteiger partial charge < -0.3 is 15.4 Å². The Balaban J connectivity index is 2.10. The van der Waals surface area contributed by atoms with Crippen molar-refractivity contribution in [3.8, 4) is 5.75 Å². The summed E-state index contributed by atoms with van der Waals surface area (Å²) in [4.78, 5) is 14.1. The van der Waals surface area contributed by atoms with Crippen LogP contribution in [0.3, 0.4) is 0 Å². The molecule has 1 amide bonds. The van der Waals surface area contributed by atoms with Gasteiger partial charge in [-0.25, -0.2) is 0 Å². The Morgan fingerprint density at radius 3 is 2.95 bits per heavy atom. The van der Waals surface area contributed by atoms with Crippen molar-refractivity contribution in [1.29, 1.82) is 0 Å². The third-order valence-electron chi connectivity index (χ3n) is 3.65. The number of rotatable bonds is 4. The van der Waals surface area contributed by atoms with Gasteiger partial charge in [0.1, 0.15) is 5.75 Å². The van der Waals surface area contributed by atoms with E-state index in [1.165, 1.54) is 11.1 Å². The van der Waals surface area contributed by atoms with Crippen molar-refractivity contribution in [3.05, 3.63) is 29.3 Å². The first kappa shape index (κ1) is 13.9. The predicted octanol–water partition coefficient (Wildman–Crippen LogP) is 1.71. The van der Waals surface area contributed by atoms with Crippen LogP contribution in [0, 0.1) is 0 Å². The Morgan fingerprint density at radius 2 is 2.26 bits per heavy atom. The molecule has 1 atom stereocenters. The highest BCUT2D eigenvalue weighted by Crippen LogP contribution is 2.24. The second kappa shape index (κ2) is 6.06. The van der Waals surface area contributed by atoms with Crippen LogP contribution in [0.2, 0.25) is 0 Å². The van der Waals surface area contributed by atoms with Crippen LogP contribution in [0.1, 0.15) is 30.9 Å². The molecule has 0 saturated heterocycles. The van der Waals surface area contributed by atoms with Crippen LogP contribution in [0.25, 0.3) is 0 Å². The third-order valence-corrected chi connectivity index (χ3v) is 3.65. The molecule has 19 heavy (non-hydrogen) atoms.